The van der Waals surface area contributed by atoms with Crippen molar-refractivity contribution in [2.45, 2.75) is 57.9 Å². The van der Waals surface area contributed by atoms with Crippen LogP contribution in [0.15, 0.2) is 0 Å². The molecule has 20 heavy (non-hydrogen) atoms. The van der Waals surface area contributed by atoms with Gasteiger partial charge in [0.25, 0.3) is 0 Å². The van der Waals surface area contributed by atoms with Crippen molar-refractivity contribution in [1.29, 1.82) is 0 Å². The summed E-state index contributed by atoms with van der Waals surface area (Å²) in [6.07, 6.45) is 6.82. The van der Waals surface area contributed by atoms with Crippen LogP contribution in [0.2, 0.25) is 0 Å². The summed E-state index contributed by atoms with van der Waals surface area (Å²) in [5.74, 6) is 0.0932. The van der Waals surface area contributed by atoms with E-state index >= 15 is 0 Å². The first-order chi connectivity index (χ1) is 9.58. The van der Waals surface area contributed by atoms with Crippen molar-refractivity contribution in [3.8, 4) is 0 Å². The topological polar surface area (TPSA) is 69.6 Å². The van der Waals surface area contributed by atoms with Crippen molar-refractivity contribution in [3.05, 3.63) is 0 Å². The molecule has 1 aliphatic heterocycles. The second kappa shape index (κ2) is 6.95. The van der Waals surface area contributed by atoms with Gasteiger partial charge in [0.2, 0.25) is 0 Å². The van der Waals surface area contributed by atoms with Gasteiger partial charge in [-0.1, -0.05) is 26.2 Å². The van der Waals surface area contributed by atoms with Gasteiger partial charge in [0, 0.05) is 25.6 Å². The Bertz CT molecular complexity index is 359. The van der Waals surface area contributed by atoms with Crippen LogP contribution in [0, 0.1) is 11.8 Å². The molecule has 2 rings (SSSR count). The average molecular weight is 282 g/mol. The number of likely N-dealkylation sites (tertiary alicyclic amines) is 1. The number of amides is 2. The maximum absolute atomic E-state index is 12.2. The quantitative estimate of drug-likeness (QED) is 0.832. The minimum atomic E-state index is -0.768. The number of carbonyl (C=O) groups is 2. The maximum Gasteiger partial charge on any atom is 0.317 e. The van der Waals surface area contributed by atoms with E-state index in [2.05, 4.69) is 12.2 Å². The van der Waals surface area contributed by atoms with Crippen molar-refractivity contribution in [3.63, 3.8) is 0 Å². The van der Waals surface area contributed by atoms with Gasteiger partial charge in [-0.15, -0.1) is 0 Å². The Morgan fingerprint density at radius 1 is 1.25 bits per heavy atom. The summed E-state index contributed by atoms with van der Waals surface area (Å²) in [4.78, 5) is 24.7. The number of hydrogen-bond acceptors (Lipinski definition) is 2. The van der Waals surface area contributed by atoms with E-state index in [0.717, 1.165) is 25.2 Å². The number of nitrogens with one attached hydrogen (secondary N) is 1. The van der Waals surface area contributed by atoms with Gasteiger partial charge in [-0.2, -0.15) is 0 Å². The van der Waals surface area contributed by atoms with Gasteiger partial charge >= 0.3 is 12.0 Å². The van der Waals surface area contributed by atoms with Crippen LogP contribution in [0.25, 0.3) is 0 Å². The third-order valence-corrected chi connectivity index (χ3v) is 4.72. The number of carboxylic acids is 1. The molecule has 114 valence electrons. The zero-order chi connectivity index (χ0) is 14.5. The summed E-state index contributed by atoms with van der Waals surface area (Å²) in [7, 11) is 0. The lowest BCUT2D eigenvalue weighted by Crippen LogP contribution is -2.45. The Morgan fingerprint density at radius 3 is 2.75 bits per heavy atom. The van der Waals surface area contributed by atoms with Gasteiger partial charge in [-0.25, -0.2) is 4.79 Å². The van der Waals surface area contributed by atoms with E-state index in [0.29, 0.717) is 19.1 Å². The Balaban J connectivity index is 1.76. The van der Waals surface area contributed by atoms with Crippen molar-refractivity contribution in [2.75, 3.05) is 13.1 Å². The molecular weight excluding hydrogens is 256 g/mol. The lowest BCUT2D eigenvalue weighted by atomic mass is 9.84. The van der Waals surface area contributed by atoms with Gasteiger partial charge in [0.1, 0.15) is 0 Å². The summed E-state index contributed by atoms with van der Waals surface area (Å²) < 4.78 is 0. The zero-order valence-electron chi connectivity index (χ0n) is 12.3. The third kappa shape index (κ3) is 4.12. The fourth-order valence-corrected chi connectivity index (χ4v) is 3.49. The minimum Gasteiger partial charge on any atom is -0.481 e. The van der Waals surface area contributed by atoms with Gasteiger partial charge in [0.15, 0.2) is 0 Å². The lowest BCUT2D eigenvalue weighted by molar-refractivity contribution is -0.138. The number of urea groups is 1. The number of nitrogens with zero attached hydrogens (tertiary/aromatic N) is 1. The molecule has 2 amide bonds. The van der Waals surface area contributed by atoms with E-state index in [1.54, 1.807) is 4.90 Å². The number of carboxylic acid groups (broad SMARTS) is 1. The molecule has 0 bridgehead atoms. The first-order valence-electron chi connectivity index (χ1n) is 7.85. The molecule has 0 aromatic rings. The molecule has 2 fully saturated rings. The summed E-state index contributed by atoms with van der Waals surface area (Å²) in [6.45, 7) is 3.49. The predicted octanol–water partition coefficient (Wildman–Crippen LogP) is 2.46. The Labute approximate surface area is 120 Å². The number of rotatable bonds is 4. The molecule has 5 nitrogen and oxygen atoms in total. The zero-order valence-corrected chi connectivity index (χ0v) is 12.3. The van der Waals surface area contributed by atoms with Gasteiger partial charge in [-0.3, -0.25) is 4.79 Å². The van der Waals surface area contributed by atoms with E-state index in [4.69, 9.17) is 5.11 Å². The van der Waals surface area contributed by atoms with E-state index in [1.807, 2.05) is 0 Å². The van der Waals surface area contributed by atoms with Crippen LogP contribution in [-0.4, -0.2) is 41.1 Å². The van der Waals surface area contributed by atoms with Crippen molar-refractivity contribution < 1.29 is 14.7 Å². The highest BCUT2D eigenvalue weighted by atomic mass is 16.4. The molecule has 1 aliphatic carbocycles. The Morgan fingerprint density at radius 2 is 2.05 bits per heavy atom. The van der Waals surface area contributed by atoms with Crippen LogP contribution >= 0.6 is 0 Å². The van der Waals surface area contributed by atoms with Crippen LogP contribution in [0.3, 0.4) is 0 Å². The summed E-state index contributed by atoms with van der Waals surface area (Å²) in [6, 6.07) is 0.305. The number of hydrogen-bond donors (Lipinski definition) is 2. The minimum absolute atomic E-state index is 0.000332. The molecule has 2 aliphatic rings. The first-order valence-corrected chi connectivity index (χ1v) is 7.85. The van der Waals surface area contributed by atoms with Crippen LogP contribution in [0.4, 0.5) is 4.79 Å². The molecule has 5 heteroatoms. The highest BCUT2D eigenvalue weighted by Crippen LogP contribution is 2.27. The predicted molar refractivity (Wildman–Crippen MR) is 76.5 cm³/mol. The van der Waals surface area contributed by atoms with E-state index < -0.39 is 5.97 Å². The summed E-state index contributed by atoms with van der Waals surface area (Å²) in [5, 5.41) is 11.9. The van der Waals surface area contributed by atoms with Crippen molar-refractivity contribution in [2.24, 2.45) is 11.8 Å². The highest BCUT2D eigenvalue weighted by Gasteiger charge is 2.29. The third-order valence-electron chi connectivity index (χ3n) is 4.72. The molecule has 0 radical (unpaired) electrons. The smallest absolute Gasteiger partial charge is 0.317 e. The molecule has 1 saturated heterocycles. The standard InChI is InChI=1S/C15H26N2O3/c1-2-11-4-3-5-13(8-11)16-15(20)17-7-6-12(10-17)9-14(18)19/h11-13H,2-10H2,1H3,(H,16,20)(H,18,19). The summed E-state index contributed by atoms with van der Waals surface area (Å²) >= 11 is 0. The number of carbonyl (C=O) groups excluding carboxylic acids is 1. The van der Waals surface area contributed by atoms with E-state index in [1.165, 1.54) is 19.3 Å². The van der Waals surface area contributed by atoms with Crippen molar-refractivity contribution >= 4 is 12.0 Å². The van der Waals surface area contributed by atoms with Crippen molar-refractivity contribution in [1.82, 2.24) is 10.2 Å². The molecule has 0 aromatic carbocycles. The first kappa shape index (κ1) is 15.1. The normalized spacial score (nSPS) is 30.2. The largest absolute Gasteiger partial charge is 0.481 e. The van der Waals surface area contributed by atoms with Crippen LogP contribution < -0.4 is 5.32 Å². The second-order valence-corrected chi connectivity index (χ2v) is 6.29. The monoisotopic (exact) mass is 282 g/mol. The Kier molecular flexibility index (Phi) is 5.26. The van der Waals surface area contributed by atoms with Gasteiger partial charge < -0.3 is 15.3 Å². The molecule has 1 saturated carbocycles. The SMILES string of the molecule is CCC1CCCC(NC(=O)N2CCC(CC(=O)O)C2)C1. The van der Waals surface area contributed by atoms with Crippen LogP contribution in [-0.2, 0) is 4.79 Å². The Hall–Kier alpha value is -1.26. The lowest BCUT2D eigenvalue weighted by Gasteiger charge is -2.30. The number of aliphatic carboxylic acids is 1. The second-order valence-electron chi connectivity index (χ2n) is 6.29. The highest BCUT2D eigenvalue weighted by molar-refractivity contribution is 5.75. The fourth-order valence-electron chi connectivity index (χ4n) is 3.49. The molecule has 0 spiro atoms. The summed E-state index contributed by atoms with van der Waals surface area (Å²) in [5.41, 5.74) is 0. The molecule has 3 atom stereocenters. The van der Waals surface area contributed by atoms with Gasteiger partial charge in [0.05, 0.1) is 0 Å². The molecule has 0 aromatic heterocycles. The molecular formula is C15H26N2O3. The fraction of sp³-hybridized carbons (Fsp3) is 0.867. The van der Waals surface area contributed by atoms with Crippen LogP contribution in [0.5, 0.6) is 0 Å². The van der Waals surface area contributed by atoms with E-state index in [9.17, 15) is 9.59 Å². The average Bonchev–Trinajstić information content (AvgIpc) is 2.86. The maximum atomic E-state index is 12.2. The molecule has 1 heterocycles. The van der Waals surface area contributed by atoms with E-state index in [-0.39, 0.29) is 18.4 Å². The molecule has 3 unspecified atom stereocenters. The van der Waals surface area contributed by atoms with Crippen LogP contribution in [0.1, 0.15) is 51.9 Å². The molecule has 2 N–H and O–H groups in total. The van der Waals surface area contributed by atoms with Gasteiger partial charge in [-0.05, 0) is 31.1 Å².